The van der Waals surface area contributed by atoms with E-state index in [9.17, 15) is 45.6 Å². The first kappa shape index (κ1) is 68.5. The van der Waals surface area contributed by atoms with Crippen LogP contribution in [0.5, 0.6) is 0 Å². The average molecular weight is 1070 g/mol. The molecule has 2 heterocycles. The molecule has 0 radical (unpaired) electrons. The molecule has 12 unspecified atom stereocenters. The molecular weight excluding hydrogens is 967 g/mol. The van der Waals surface area contributed by atoms with Gasteiger partial charge in [0, 0.05) is 6.42 Å². The van der Waals surface area contributed by atoms with Crippen molar-refractivity contribution in [3.63, 3.8) is 0 Å². The number of amides is 1. The molecule has 432 valence electrons. The molecule has 12 atom stereocenters. The van der Waals surface area contributed by atoms with Crippen LogP contribution in [0.25, 0.3) is 0 Å². The molecule has 0 aliphatic carbocycles. The van der Waals surface area contributed by atoms with Gasteiger partial charge in [-0.05, 0) is 96.3 Å². The average Bonchev–Trinajstić information content (AvgIpc) is 3.42. The number of carbonyl (C=O) groups is 1. The SMILES string of the molecule is CC/C=C\C/C=C\C/C=C\C/C=C\C/C=C\C/C=C\C/C=C\C/C=C\CCCCCCC(=O)NC(COC1OC(CO)C(OC2OC(CO)C(O)C(O)C2O)C(O)C1O)C(O)/C=C/CC/C=C/CCCCCCCCC. The lowest BCUT2D eigenvalue weighted by molar-refractivity contribution is -0.359. The molecule has 0 aromatic rings. The van der Waals surface area contributed by atoms with Crippen molar-refractivity contribution in [2.75, 3.05) is 19.8 Å². The molecule has 0 aromatic carbocycles. The van der Waals surface area contributed by atoms with Gasteiger partial charge >= 0.3 is 0 Å². The summed E-state index contributed by atoms with van der Waals surface area (Å²) in [7, 11) is 0. The Hall–Kier alpha value is -3.61. The Morgan fingerprint density at radius 3 is 1.45 bits per heavy atom. The normalized spacial score (nSPS) is 25.8. The Balaban J connectivity index is 1.77. The second-order valence-electron chi connectivity index (χ2n) is 19.7. The second kappa shape index (κ2) is 46.3. The third-order valence-corrected chi connectivity index (χ3v) is 13.1. The van der Waals surface area contributed by atoms with Gasteiger partial charge in [-0.2, -0.15) is 0 Å². The fourth-order valence-electron chi connectivity index (χ4n) is 8.50. The molecule has 76 heavy (non-hydrogen) atoms. The number of aliphatic hydroxyl groups excluding tert-OH is 8. The van der Waals surface area contributed by atoms with E-state index in [-0.39, 0.29) is 18.9 Å². The smallest absolute Gasteiger partial charge is 0.220 e. The minimum atomic E-state index is -1.80. The number of ether oxygens (including phenoxy) is 4. The van der Waals surface area contributed by atoms with E-state index in [4.69, 9.17) is 18.9 Å². The molecule has 2 aliphatic rings. The van der Waals surface area contributed by atoms with Crippen molar-refractivity contribution in [3.05, 3.63) is 122 Å². The highest BCUT2D eigenvalue weighted by atomic mass is 16.7. The van der Waals surface area contributed by atoms with Crippen LogP contribution in [0.4, 0.5) is 0 Å². The van der Waals surface area contributed by atoms with Gasteiger partial charge in [0.05, 0.1) is 32.0 Å². The molecule has 0 spiro atoms. The molecule has 0 bridgehead atoms. The van der Waals surface area contributed by atoms with Crippen LogP contribution in [0.2, 0.25) is 0 Å². The predicted molar refractivity (Wildman–Crippen MR) is 304 cm³/mol. The third kappa shape index (κ3) is 31.7. The fraction of sp³-hybridized carbons (Fsp3) is 0.661. The van der Waals surface area contributed by atoms with Gasteiger partial charge in [0.1, 0.15) is 48.8 Å². The second-order valence-corrected chi connectivity index (χ2v) is 19.7. The van der Waals surface area contributed by atoms with Gasteiger partial charge in [0.15, 0.2) is 12.6 Å². The predicted octanol–water partition coefficient (Wildman–Crippen LogP) is 9.44. The van der Waals surface area contributed by atoms with Crippen molar-refractivity contribution in [2.24, 2.45) is 0 Å². The monoisotopic (exact) mass is 1070 g/mol. The van der Waals surface area contributed by atoms with E-state index in [2.05, 4.69) is 129 Å². The minimum absolute atomic E-state index is 0.235. The summed E-state index contributed by atoms with van der Waals surface area (Å²) in [6.45, 7) is 2.60. The Labute approximate surface area is 457 Å². The molecular formula is C62H101NO13. The Kier molecular flexibility index (Phi) is 41.7. The first-order chi connectivity index (χ1) is 37.1. The van der Waals surface area contributed by atoms with Gasteiger partial charge in [-0.3, -0.25) is 4.79 Å². The molecule has 2 fully saturated rings. The molecule has 0 aromatic heterocycles. The van der Waals surface area contributed by atoms with Crippen molar-refractivity contribution in [1.82, 2.24) is 5.32 Å². The Morgan fingerprint density at radius 2 is 0.921 bits per heavy atom. The summed E-state index contributed by atoms with van der Waals surface area (Å²) in [5.41, 5.74) is 0. The summed E-state index contributed by atoms with van der Waals surface area (Å²) in [4.78, 5) is 13.2. The van der Waals surface area contributed by atoms with Crippen molar-refractivity contribution in [2.45, 2.75) is 242 Å². The third-order valence-electron chi connectivity index (χ3n) is 13.1. The van der Waals surface area contributed by atoms with E-state index in [0.29, 0.717) is 12.8 Å². The van der Waals surface area contributed by atoms with Crippen molar-refractivity contribution < 1.29 is 64.6 Å². The number of aliphatic hydroxyl groups is 8. The standard InChI is InChI=1S/C62H101NO13/c1-3-5-7-9-11-13-15-17-18-19-20-21-22-23-24-25-26-27-28-29-30-31-32-34-36-38-40-42-44-46-54(67)63-50(51(66)45-43-41-39-37-35-33-16-14-12-10-8-6-4-2)49-73-61-59(72)57(70)60(53(48-65)75-61)76-62-58(71)56(69)55(68)52(47-64)74-62/h5,7,11,13,17-18,20-21,23-24,26-27,29-30,32,34-35,37,43,45,50-53,55-62,64-66,68-72H,3-4,6,8-10,12,14-16,19,22,25,28,31,33,36,38-42,44,46-49H2,1-2H3,(H,63,67)/b7-5-,13-11-,18-17-,21-20-,24-23-,27-26-,30-29-,34-32-,37-35+,45-43+. The van der Waals surface area contributed by atoms with Crippen LogP contribution in [0.3, 0.4) is 0 Å². The number of rotatable bonds is 43. The van der Waals surface area contributed by atoms with Crippen LogP contribution < -0.4 is 5.32 Å². The molecule has 0 saturated carbocycles. The maximum Gasteiger partial charge on any atom is 0.220 e. The molecule has 2 saturated heterocycles. The van der Waals surface area contributed by atoms with E-state index >= 15 is 0 Å². The summed E-state index contributed by atoms with van der Waals surface area (Å²) in [5, 5.41) is 86.9. The summed E-state index contributed by atoms with van der Waals surface area (Å²) in [6.07, 6.45) is 49.5. The molecule has 9 N–H and O–H groups in total. The van der Waals surface area contributed by atoms with Crippen LogP contribution >= 0.6 is 0 Å². The van der Waals surface area contributed by atoms with Crippen LogP contribution in [0, 0.1) is 0 Å². The van der Waals surface area contributed by atoms with Crippen LogP contribution in [0.1, 0.15) is 168 Å². The topological polar surface area (TPSA) is 228 Å². The maximum absolute atomic E-state index is 13.2. The zero-order valence-corrected chi connectivity index (χ0v) is 46.2. The number of hydrogen-bond acceptors (Lipinski definition) is 13. The minimum Gasteiger partial charge on any atom is -0.394 e. The summed E-state index contributed by atoms with van der Waals surface area (Å²) in [6, 6.07) is -0.954. The molecule has 1 amide bonds. The van der Waals surface area contributed by atoms with E-state index in [1.54, 1.807) is 6.08 Å². The molecule has 14 heteroatoms. The first-order valence-electron chi connectivity index (χ1n) is 28.8. The Morgan fingerprint density at radius 1 is 0.487 bits per heavy atom. The van der Waals surface area contributed by atoms with Gasteiger partial charge in [-0.25, -0.2) is 0 Å². The van der Waals surface area contributed by atoms with Gasteiger partial charge in [0.25, 0.3) is 0 Å². The van der Waals surface area contributed by atoms with Crippen LogP contribution in [0.15, 0.2) is 122 Å². The largest absolute Gasteiger partial charge is 0.394 e. The summed E-state index contributed by atoms with van der Waals surface area (Å²) in [5.74, 6) is -0.281. The van der Waals surface area contributed by atoms with Crippen molar-refractivity contribution >= 4 is 5.91 Å². The fourth-order valence-corrected chi connectivity index (χ4v) is 8.50. The zero-order valence-electron chi connectivity index (χ0n) is 46.2. The summed E-state index contributed by atoms with van der Waals surface area (Å²) < 4.78 is 22.7. The lowest BCUT2D eigenvalue weighted by Crippen LogP contribution is -2.65. The number of unbranched alkanes of at least 4 members (excludes halogenated alkanes) is 12. The van der Waals surface area contributed by atoms with E-state index in [0.717, 1.165) is 89.9 Å². The van der Waals surface area contributed by atoms with Gasteiger partial charge in [0.2, 0.25) is 5.91 Å². The van der Waals surface area contributed by atoms with E-state index in [1.807, 2.05) is 6.08 Å². The molecule has 2 aliphatic heterocycles. The number of hydrogen-bond donors (Lipinski definition) is 9. The van der Waals surface area contributed by atoms with Crippen LogP contribution in [-0.2, 0) is 23.7 Å². The van der Waals surface area contributed by atoms with Crippen molar-refractivity contribution in [3.8, 4) is 0 Å². The molecule has 14 nitrogen and oxygen atoms in total. The maximum atomic E-state index is 13.2. The van der Waals surface area contributed by atoms with Crippen LogP contribution in [-0.4, -0.2) is 140 Å². The Bertz CT molecular complexity index is 1730. The lowest BCUT2D eigenvalue weighted by Gasteiger charge is -2.46. The van der Waals surface area contributed by atoms with Gasteiger partial charge < -0.3 is 65.1 Å². The number of allylic oxidation sites excluding steroid dienone is 19. The van der Waals surface area contributed by atoms with E-state index in [1.165, 1.54) is 44.9 Å². The quantitative estimate of drug-likeness (QED) is 0.0205. The highest BCUT2D eigenvalue weighted by Crippen LogP contribution is 2.30. The highest BCUT2D eigenvalue weighted by molar-refractivity contribution is 5.76. The van der Waals surface area contributed by atoms with Crippen molar-refractivity contribution in [1.29, 1.82) is 0 Å². The van der Waals surface area contributed by atoms with Gasteiger partial charge in [-0.15, -0.1) is 0 Å². The number of nitrogens with one attached hydrogen (secondary N) is 1. The van der Waals surface area contributed by atoms with E-state index < -0.39 is 86.8 Å². The highest BCUT2D eigenvalue weighted by Gasteiger charge is 2.51. The number of carbonyl (C=O) groups excluding carboxylic acids is 1. The molecule has 2 rings (SSSR count). The zero-order chi connectivity index (χ0) is 55.3. The summed E-state index contributed by atoms with van der Waals surface area (Å²) >= 11 is 0. The van der Waals surface area contributed by atoms with Gasteiger partial charge in [-0.1, -0.05) is 187 Å². The lowest BCUT2D eigenvalue weighted by atomic mass is 9.97. The first-order valence-corrected chi connectivity index (χ1v) is 28.8.